The van der Waals surface area contributed by atoms with Crippen LogP contribution in [0.25, 0.3) is 11.1 Å². The summed E-state index contributed by atoms with van der Waals surface area (Å²) in [5.41, 5.74) is 6.50. The molecule has 3 rings (SSSR count). The first kappa shape index (κ1) is 37.1. The van der Waals surface area contributed by atoms with Gasteiger partial charge in [0.05, 0.1) is 19.8 Å². The summed E-state index contributed by atoms with van der Waals surface area (Å²) in [6.07, 6.45) is 13.7. The highest BCUT2D eigenvalue weighted by Crippen LogP contribution is 2.39. The molecular formula is C40H56O6. The number of hydrogen-bond donors (Lipinski definition) is 1. The maximum Gasteiger partial charge on any atom is 0.333 e. The average Bonchev–Trinajstić information content (AvgIpc) is 3.06. The van der Waals surface area contributed by atoms with Crippen LogP contribution < -0.4 is 4.74 Å². The second kappa shape index (κ2) is 20.0. The molecule has 0 atom stereocenters. The largest absolute Gasteiger partial charge is 0.493 e. The van der Waals surface area contributed by atoms with Gasteiger partial charge >= 0.3 is 11.9 Å². The Morgan fingerprint density at radius 3 is 1.83 bits per heavy atom. The SMILES string of the molecule is C=C(C)C(=O)OCCCc1cc(-c2ccc(C3CCC(CCCCC)CC3)cc2)cc(CCCOC(=O)C(=C)C)c1OCCCO. The van der Waals surface area contributed by atoms with E-state index in [1.807, 2.05) is 0 Å². The Balaban J connectivity index is 1.81. The number of aliphatic hydroxyl groups is 1. The van der Waals surface area contributed by atoms with Gasteiger partial charge in [-0.2, -0.15) is 0 Å². The first-order valence-corrected chi connectivity index (χ1v) is 17.4. The summed E-state index contributed by atoms with van der Waals surface area (Å²) in [6, 6.07) is 13.4. The molecule has 1 saturated carbocycles. The minimum absolute atomic E-state index is 0.0450. The van der Waals surface area contributed by atoms with Gasteiger partial charge in [-0.1, -0.05) is 70.0 Å². The Bertz CT molecular complexity index is 1210. The second-order valence-electron chi connectivity index (χ2n) is 12.9. The molecule has 1 aliphatic rings. The van der Waals surface area contributed by atoms with Crippen molar-refractivity contribution in [3.05, 3.63) is 77.4 Å². The van der Waals surface area contributed by atoms with Gasteiger partial charge in [0.2, 0.25) is 0 Å². The van der Waals surface area contributed by atoms with Crippen LogP contribution in [0, 0.1) is 5.92 Å². The Hall–Kier alpha value is -3.38. The predicted molar refractivity (Wildman–Crippen MR) is 186 cm³/mol. The monoisotopic (exact) mass is 632 g/mol. The topological polar surface area (TPSA) is 82.1 Å². The van der Waals surface area contributed by atoms with Crippen molar-refractivity contribution in [1.29, 1.82) is 0 Å². The average molecular weight is 633 g/mol. The first-order chi connectivity index (χ1) is 22.2. The number of aliphatic hydroxyl groups excluding tert-OH is 1. The molecule has 46 heavy (non-hydrogen) atoms. The third kappa shape index (κ3) is 12.1. The van der Waals surface area contributed by atoms with Crippen LogP contribution in [0.2, 0.25) is 0 Å². The molecular weight excluding hydrogens is 576 g/mol. The Kier molecular flexibility index (Phi) is 16.1. The molecule has 0 heterocycles. The predicted octanol–water partition coefficient (Wildman–Crippen LogP) is 9.07. The van der Waals surface area contributed by atoms with E-state index in [0.29, 0.717) is 55.8 Å². The lowest BCUT2D eigenvalue weighted by Gasteiger charge is -2.29. The Morgan fingerprint density at radius 2 is 1.33 bits per heavy atom. The summed E-state index contributed by atoms with van der Waals surface area (Å²) in [6.45, 7) is 13.9. The smallest absolute Gasteiger partial charge is 0.333 e. The van der Waals surface area contributed by atoms with E-state index >= 15 is 0 Å². The van der Waals surface area contributed by atoms with Gasteiger partial charge < -0.3 is 19.3 Å². The third-order valence-electron chi connectivity index (χ3n) is 8.91. The molecule has 0 spiro atoms. The number of aryl methyl sites for hydroxylation is 2. The summed E-state index contributed by atoms with van der Waals surface area (Å²) in [4.78, 5) is 23.9. The summed E-state index contributed by atoms with van der Waals surface area (Å²) in [5.74, 6) is 1.55. The molecule has 1 fully saturated rings. The van der Waals surface area contributed by atoms with Crippen LogP contribution in [0.4, 0.5) is 0 Å². The van der Waals surface area contributed by atoms with Gasteiger partial charge in [-0.25, -0.2) is 9.59 Å². The summed E-state index contributed by atoms with van der Waals surface area (Å²) in [7, 11) is 0. The van der Waals surface area contributed by atoms with E-state index in [-0.39, 0.29) is 31.8 Å². The van der Waals surface area contributed by atoms with Crippen molar-refractivity contribution in [3.8, 4) is 16.9 Å². The molecule has 2 aromatic rings. The molecule has 0 radical (unpaired) electrons. The number of rotatable bonds is 20. The number of hydrogen-bond acceptors (Lipinski definition) is 6. The van der Waals surface area contributed by atoms with Crippen LogP contribution >= 0.6 is 0 Å². The normalized spacial score (nSPS) is 16.1. The molecule has 0 amide bonds. The standard InChI is InChI=1S/C40H56O6/c1-6-7-8-12-31-15-17-32(18-16-31)33-19-21-34(22-20-33)37-27-35(13-9-24-45-39(42)29(2)3)38(44-26-11-23-41)36(28-37)14-10-25-46-40(43)30(4)5/h19-22,27-28,31-32,41H,2,4,6-18,23-26H2,1,3,5H3. The zero-order valence-electron chi connectivity index (χ0n) is 28.5. The molecule has 0 aliphatic heterocycles. The van der Waals surface area contributed by atoms with E-state index in [0.717, 1.165) is 33.9 Å². The van der Waals surface area contributed by atoms with Crippen molar-refractivity contribution >= 4 is 11.9 Å². The number of ether oxygens (including phenoxy) is 3. The summed E-state index contributed by atoms with van der Waals surface area (Å²) >= 11 is 0. The maximum atomic E-state index is 11.9. The zero-order chi connectivity index (χ0) is 33.3. The van der Waals surface area contributed by atoms with Crippen molar-refractivity contribution in [2.75, 3.05) is 26.4 Å². The zero-order valence-corrected chi connectivity index (χ0v) is 28.5. The van der Waals surface area contributed by atoms with E-state index in [9.17, 15) is 14.7 Å². The van der Waals surface area contributed by atoms with Gasteiger partial charge in [0.1, 0.15) is 5.75 Å². The van der Waals surface area contributed by atoms with E-state index < -0.39 is 0 Å². The van der Waals surface area contributed by atoms with E-state index in [1.165, 1.54) is 56.9 Å². The number of carbonyl (C=O) groups excluding carboxylic acids is 2. The lowest BCUT2D eigenvalue weighted by atomic mass is 9.77. The van der Waals surface area contributed by atoms with Crippen molar-refractivity contribution in [1.82, 2.24) is 0 Å². The highest BCUT2D eigenvalue weighted by Gasteiger charge is 2.22. The van der Waals surface area contributed by atoms with Crippen LogP contribution in [-0.4, -0.2) is 43.5 Å². The van der Waals surface area contributed by atoms with Crippen LogP contribution in [0.15, 0.2) is 60.7 Å². The van der Waals surface area contributed by atoms with Crippen molar-refractivity contribution in [3.63, 3.8) is 0 Å². The van der Waals surface area contributed by atoms with Crippen LogP contribution in [0.5, 0.6) is 5.75 Å². The third-order valence-corrected chi connectivity index (χ3v) is 8.91. The summed E-state index contributed by atoms with van der Waals surface area (Å²) < 4.78 is 17.0. The molecule has 252 valence electrons. The molecule has 0 aromatic heterocycles. The van der Waals surface area contributed by atoms with Crippen LogP contribution in [0.1, 0.15) is 114 Å². The molecule has 2 aromatic carbocycles. The maximum absolute atomic E-state index is 11.9. The van der Waals surface area contributed by atoms with E-state index in [1.54, 1.807) is 13.8 Å². The fourth-order valence-electron chi connectivity index (χ4n) is 6.23. The minimum Gasteiger partial charge on any atom is -0.493 e. The number of benzene rings is 2. The van der Waals surface area contributed by atoms with Crippen LogP contribution in [-0.2, 0) is 31.9 Å². The molecule has 0 saturated heterocycles. The molecule has 0 unspecified atom stereocenters. The van der Waals surface area contributed by atoms with Gasteiger partial charge in [-0.3, -0.25) is 0 Å². The lowest BCUT2D eigenvalue weighted by Crippen LogP contribution is -2.13. The Morgan fingerprint density at radius 1 is 0.761 bits per heavy atom. The molecule has 1 aliphatic carbocycles. The number of unbranched alkanes of at least 4 members (excludes halogenated alkanes) is 2. The Labute approximate surface area is 277 Å². The van der Waals surface area contributed by atoms with E-state index in [4.69, 9.17) is 14.2 Å². The summed E-state index contributed by atoms with van der Waals surface area (Å²) in [5, 5.41) is 9.40. The molecule has 6 heteroatoms. The van der Waals surface area contributed by atoms with Gasteiger partial charge in [-0.05, 0) is 117 Å². The molecule has 6 nitrogen and oxygen atoms in total. The van der Waals surface area contributed by atoms with Gasteiger partial charge in [0, 0.05) is 24.2 Å². The number of carbonyl (C=O) groups is 2. The number of esters is 2. The van der Waals surface area contributed by atoms with E-state index in [2.05, 4.69) is 56.5 Å². The molecule has 0 bridgehead atoms. The lowest BCUT2D eigenvalue weighted by molar-refractivity contribution is -0.139. The van der Waals surface area contributed by atoms with Gasteiger partial charge in [0.15, 0.2) is 0 Å². The second-order valence-corrected chi connectivity index (χ2v) is 12.9. The highest BCUT2D eigenvalue weighted by molar-refractivity contribution is 5.87. The quantitative estimate of drug-likeness (QED) is 0.0891. The van der Waals surface area contributed by atoms with Crippen molar-refractivity contribution in [2.24, 2.45) is 5.92 Å². The van der Waals surface area contributed by atoms with Gasteiger partial charge in [0.25, 0.3) is 0 Å². The molecule has 1 N–H and O–H groups in total. The van der Waals surface area contributed by atoms with Crippen molar-refractivity contribution < 1.29 is 28.9 Å². The van der Waals surface area contributed by atoms with Crippen LogP contribution in [0.3, 0.4) is 0 Å². The van der Waals surface area contributed by atoms with Gasteiger partial charge in [-0.15, -0.1) is 0 Å². The van der Waals surface area contributed by atoms with Crippen molar-refractivity contribution in [2.45, 2.75) is 110 Å². The minimum atomic E-state index is -0.386. The first-order valence-electron chi connectivity index (χ1n) is 17.4. The fourth-order valence-corrected chi connectivity index (χ4v) is 6.23. The highest BCUT2D eigenvalue weighted by atomic mass is 16.5. The fraction of sp³-hybridized carbons (Fsp3) is 0.550.